The smallest absolute Gasteiger partial charge is 0.255 e. The van der Waals surface area contributed by atoms with Crippen LogP contribution in [0, 0.1) is 6.92 Å². The van der Waals surface area contributed by atoms with Crippen LogP contribution in [0.4, 0.5) is 5.69 Å². The van der Waals surface area contributed by atoms with E-state index in [2.05, 4.69) is 21.2 Å². The third-order valence-corrected chi connectivity index (χ3v) is 3.19. The minimum atomic E-state index is -0.248. The Balaban J connectivity index is 2.16. The van der Waals surface area contributed by atoms with E-state index in [1.54, 1.807) is 12.1 Å². The first-order chi connectivity index (χ1) is 8.56. The fourth-order valence-corrected chi connectivity index (χ4v) is 1.74. The summed E-state index contributed by atoms with van der Waals surface area (Å²) in [6, 6.07) is 12.2. The summed E-state index contributed by atoms with van der Waals surface area (Å²) >= 11 is 3.17. The van der Waals surface area contributed by atoms with Crippen molar-refractivity contribution in [1.82, 2.24) is 0 Å². The standard InChI is InChI=1S/C14H12BrNO2/c1-9-2-5-11(6-3-9)16-14(18)10-4-7-12(15)13(17)8-10/h2-8,17H,1H3,(H,16,18). The van der Waals surface area contributed by atoms with Crippen molar-refractivity contribution in [3.63, 3.8) is 0 Å². The Hall–Kier alpha value is -1.81. The second kappa shape index (κ2) is 5.23. The Morgan fingerprint density at radius 3 is 2.44 bits per heavy atom. The van der Waals surface area contributed by atoms with Gasteiger partial charge in [0.2, 0.25) is 0 Å². The third-order valence-electron chi connectivity index (χ3n) is 2.52. The minimum absolute atomic E-state index is 0.0477. The number of aryl methyl sites for hydroxylation is 1. The molecule has 0 radical (unpaired) electrons. The van der Waals surface area contributed by atoms with E-state index < -0.39 is 0 Å². The van der Waals surface area contributed by atoms with Crippen LogP contribution in [0.15, 0.2) is 46.9 Å². The van der Waals surface area contributed by atoms with Crippen LogP contribution in [0.25, 0.3) is 0 Å². The minimum Gasteiger partial charge on any atom is -0.507 e. The average molecular weight is 306 g/mol. The first-order valence-corrected chi connectivity index (χ1v) is 6.22. The molecule has 4 heteroatoms. The van der Waals surface area contributed by atoms with E-state index in [1.165, 1.54) is 6.07 Å². The maximum atomic E-state index is 11.9. The van der Waals surface area contributed by atoms with Gasteiger partial charge in [-0.15, -0.1) is 0 Å². The fraction of sp³-hybridized carbons (Fsp3) is 0.0714. The monoisotopic (exact) mass is 305 g/mol. The summed E-state index contributed by atoms with van der Waals surface area (Å²) in [7, 11) is 0. The van der Waals surface area contributed by atoms with E-state index in [1.807, 2.05) is 31.2 Å². The van der Waals surface area contributed by atoms with Crippen molar-refractivity contribution in [2.45, 2.75) is 6.92 Å². The fourth-order valence-electron chi connectivity index (χ4n) is 1.49. The van der Waals surface area contributed by atoms with E-state index in [0.717, 1.165) is 11.3 Å². The van der Waals surface area contributed by atoms with E-state index in [-0.39, 0.29) is 11.7 Å². The van der Waals surface area contributed by atoms with Crippen molar-refractivity contribution in [3.8, 4) is 5.75 Å². The SMILES string of the molecule is Cc1ccc(NC(=O)c2ccc(Br)c(O)c2)cc1. The van der Waals surface area contributed by atoms with E-state index >= 15 is 0 Å². The number of benzene rings is 2. The van der Waals surface area contributed by atoms with E-state index in [9.17, 15) is 9.90 Å². The molecule has 2 rings (SSSR count). The Bertz CT molecular complexity index is 579. The van der Waals surface area contributed by atoms with Crippen LogP contribution in [-0.4, -0.2) is 11.0 Å². The Kier molecular flexibility index (Phi) is 3.67. The summed E-state index contributed by atoms with van der Waals surface area (Å²) in [6.45, 7) is 1.98. The molecule has 0 aliphatic carbocycles. The maximum Gasteiger partial charge on any atom is 0.255 e. The molecule has 0 saturated heterocycles. The van der Waals surface area contributed by atoms with Crippen LogP contribution in [-0.2, 0) is 0 Å². The first kappa shape index (κ1) is 12.6. The molecule has 0 unspecified atom stereocenters. The van der Waals surface area contributed by atoms with Gasteiger partial charge in [0.1, 0.15) is 5.75 Å². The second-order valence-corrected chi connectivity index (χ2v) is 4.84. The van der Waals surface area contributed by atoms with Crippen LogP contribution in [0.3, 0.4) is 0 Å². The number of nitrogens with one attached hydrogen (secondary N) is 1. The molecule has 0 aliphatic rings. The summed E-state index contributed by atoms with van der Waals surface area (Å²) in [5.74, 6) is -0.201. The van der Waals surface area contributed by atoms with Crippen molar-refractivity contribution in [2.24, 2.45) is 0 Å². The number of phenolic OH excluding ortho intramolecular Hbond substituents is 1. The number of halogens is 1. The van der Waals surface area contributed by atoms with Crippen molar-refractivity contribution < 1.29 is 9.90 Å². The van der Waals surface area contributed by atoms with Gasteiger partial charge in [-0.1, -0.05) is 17.7 Å². The number of amides is 1. The largest absolute Gasteiger partial charge is 0.507 e. The number of carbonyl (C=O) groups is 1. The lowest BCUT2D eigenvalue weighted by molar-refractivity contribution is 0.102. The molecule has 0 atom stereocenters. The molecule has 0 heterocycles. The van der Waals surface area contributed by atoms with Gasteiger partial charge in [-0.3, -0.25) is 4.79 Å². The lowest BCUT2D eigenvalue weighted by Crippen LogP contribution is -2.11. The number of anilines is 1. The summed E-state index contributed by atoms with van der Waals surface area (Å²) in [6.07, 6.45) is 0. The highest BCUT2D eigenvalue weighted by Gasteiger charge is 2.08. The Morgan fingerprint density at radius 1 is 1.17 bits per heavy atom. The molecule has 0 aromatic heterocycles. The maximum absolute atomic E-state index is 11.9. The Labute approximate surface area is 114 Å². The number of hydrogen-bond acceptors (Lipinski definition) is 2. The zero-order valence-corrected chi connectivity index (χ0v) is 11.4. The van der Waals surface area contributed by atoms with Crippen molar-refractivity contribution >= 4 is 27.5 Å². The Morgan fingerprint density at radius 2 is 1.83 bits per heavy atom. The van der Waals surface area contributed by atoms with E-state index in [0.29, 0.717) is 10.0 Å². The van der Waals surface area contributed by atoms with Crippen LogP contribution >= 0.6 is 15.9 Å². The molecule has 2 N–H and O–H groups in total. The molecule has 0 aliphatic heterocycles. The normalized spacial score (nSPS) is 10.1. The zero-order chi connectivity index (χ0) is 13.1. The molecule has 2 aromatic carbocycles. The topological polar surface area (TPSA) is 49.3 Å². The van der Waals surface area contributed by atoms with Crippen LogP contribution < -0.4 is 5.32 Å². The molecule has 3 nitrogen and oxygen atoms in total. The number of carbonyl (C=O) groups excluding carboxylic acids is 1. The first-order valence-electron chi connectivity index (χ1n) is 5.43. The molecular formula is C14H12BrNO2. The predicted octanol–water partition coefficient (Wildman–Crippen LogP) is 3.72. The quantitative estimate of drug-likeness (QED) is 0.888. The highest BCUT2D eigenvalue weighted by Crippen LogP contribution is 2.24. The zero-order valence-electron chi connectivity index (χ0n) is 9.77. The van der Waals surface area contributed by atoms with Gasteiger partial charge in [-0.2, -0.15) is 0 Å². The molecule has 18 heavy (non-hydrogen) atoms. The summed E-state index contributed by atoms with van der Waals surface area (Å²) in [5, 5.41) is 12.3. The predicted molar refractivity (Wildman–Crippen MR) is 74.9 cm³/mol. The number of hydrogen-bond donors (Lipinski definition) is 2. The van der Waals surface area contributed by atoms with Crippen molar-refractivity contribution in [3.05, 3.63) is 58.1 Å². The highest BCUT2D eigenvalue weighted by molar-refractivity contribution is 9.10. The summed E-state index contributed by atoms with van der Waals surface area (Å²) < 4.78 is 0.564. The second-order valence-electron chi connectivity index (χ2n) is 3.99. The molecule has 0 saturated carbocycles. The lowest BCUT2D eigenvalue weighted by Gasteiger charge is -2.06. The number of aromatic hydroxyl groups is 1. The van der Waals surface area contributed by atoms with Crippen LogP contribution in [0.5, 0.6) is 5.75 Å². The van der Waals surface area contributed by atoms with Crippen LogP contribution in [0.2, 0.25) is 0 Å². The molecule has 0 spiro atoms. The van der Waals surface area contributed by atoms with Gasteiger partial charge >= 0.3 is 0 Å². The highest BCUT2D eigenvalue weighted by atomic mass is 79.9. The molecule has 2 aromatic rings. The van der Waals surface area contributed by atoms with Gasteiger partial charge in [0.25, 0.3) is 5.91 Å². The third kappa shape index (κ3) is 2.90. The molecule has 1 amide bonds. The lowest BCUT2D eigenvalue weighted by atomic mass is 10.2. The van der Waals surface area contributed by atoms with Gasteiger partial charge in [-0.25, -0.2) is 0 Å². The molecular weight excluding hydrogens is 294 g/mol. The van der Waals surface area contributed by atoms with Crippen molar-refractivity contribution in [2.75, 3.05) is 5.32 Å². The molecule has 0 bridgehead atoms. The average Bonchev–Trinajstić information content (AvgIpc) is 2.35. The van der Waals surface area contributed by atoms with Crippen LogP contribution in [0.1, 0.15) is 15.9 Å². The molecule has 0 fully saturated rings. The van der Waals surface area contributed by atoms with Gasteiger partial charge in [0.05, 0.1) is 4.47 Å². The number of phenols is 1. The van der Waals surface area contributed by atoms with Gasteiger partial charge in [0.15, 0.2) is 0 Å². The van der Waals surface area contributed by atoms with Gasteiger partial charge < -0.3 is 10.4 Å². The van der Waals surface area contributed by atoms with E-state index in [4.69, 9.17) is 0 Å². The molecule has 92 valence electrons. The van der Waals surface area contributed by atoms with Crippen molar-refractivity contribution in [1.29, 1.82) is 0 Å². The summed E-state index contributed by atoms with van der Waals surface area (Å²) in [4.78, 5) is 11.9. The van der Waals surface area contributed by atoms with Gasteiger partial charge in [0, 0.05) is 11.3 Å². The van der Waals surface area contributed by atoms with Gasteiger partial charge in [-0.05, 0) is 53.2 Å². The summed E-state index contributed by atoms with van der Waals surface area (Å²) in [5.41, 5.74) is 2.28. The number of rotatable bonds is 2.